The summed E-state index contributed by atoms with van der Waals surface area (Å²) in [5.41, 5.74) is 5.93. The van der Waals surface area contributed by atoms with Crippen molar-refractivity contribution >= 4 is 22.4 Å². The van der Waals surface area contributed by atoms with Gasteiger partial charge in [0.1, 0.15) is 5.58 Å². The van der Waals surface area contributed by atoms with Crippen molar-refractivity contribution in [2.75, 3.05) is 11.9 Å². The van der Waals surface area contributed by atoms with Gasteiger partial charge < -0.3 is 20.2 Å². The van der Waals surface area contributed by atoms with Crippen LogP contribution in [0.3, 0.4) is 0 Å². The molecular formula is C44H50N2O4. The lowest BCUT2D eigenvalue weighted by Crippen LogP contribution is -2.60. The van der Waals surface area contributed by atoms with E-state index in [2.05, 4.69) is 36.6 Å². The topological polar surface area (TPSA) is 91.6 Å². The normalized spacial score (nSPS) is 34.4. The Balaban J connectivity index is 0.933. The Labute approximate surface area is 295 Å². The summed E-state index contributed by atoms with van der Waals surface area (Å²) >= 11 is 0. The third-order valence-corrected chi connectivity index (χ3v) is 14.8. The molecular weight excluding hydrogens is 620 g/mol. The SMILES string of the molecule is C[C@]12CC[C@]3(C[C@@H]1CC[C@@H]1[C@@H]2CC[C@]2(C)[C@@H](O)CC[C@@H]12)NCCc1c3c(=O)oc2cc(NCc3ccc(C(=O)c4ccccc4)cc3)ccc12. The standard InChI is InChI=1S/C44H50N2O4/c1-42-21-22-44(25-30(42)12-14-34-35-16-17-38(47)43(35,2)20-18-36(34)42)39-33(19-23-46-44)32-15-13-31(24-37(32)50-41(39)49)45-26-27-8-10-29(11-9-27)40(48)28-6-4-3-5-7-28/h3-11,13,15,24,30,34-36,38,45-47H,12,14,16-23,25-26H2,1-2H3/t30-,34-,35-,36-,38-,42-,43-,44+/m0/s1. The second-order valence-corrected chi connectivity index (χ2v) is 17.0. The lowest BCUT2D eigenvalue weighted by atomic mass is 9.43. The van der Waals surface area contributed by atoms with Crippen molar-refractivity contribution in [2.24, 2.45) is 34.5 Å². The van der Waals surface area contributed by atoms with E-state index >= 15 is 0 Å². The highest BCUT2D eigenvalue weighted by atomic mass is 16.4. The van der Waals surface area contributed by atoms with Crippen LogP contribution in [0.5, 0.6) is 0 Å². The van der Waals surface area contributed by atoms with Crippen molar-refractivity contribution in [1.82, 2.24) is 5.32 Å². The quantitative estimate of drug-likeness (QED) is 0.146. The van der Waals surface area contributed by atoms with Gasteiger partial charge in [-0.15, -0.1) is 0 Å². The Morgan fingerprint density at radius 2 is 1.66 bits per heavy atom. The number of fused-ring (bicyclic) bond motifs is 9. The van der Waals surface area contributed by atoms with Crippen molar-refractivity contribution in [3.05, 3.63) is 111 Å². The summed E-state index contributed by atoms with van der Waals surface area (Å²) in [5.74, 6) is 2.71. The highest BCUT2D eigenvalue weighted by Gasteiger charge is 2.62. The molecule has 4 fully saturated rings. The number of hydrogen-bond donors (Lipinski definition) is 3. The number of rotatable bonds is 5. The van der Waals surface area contributed by atoms with Gasteiger partial charge in [-0.1, -0.05) is 68.4 Å². The van der Waals surface area contributed by atoms with E-state index in [0.29, 0.717) is 35.1 Å². The largest absolute Gasteiger partial charge is 0.422 e. The molecule has 1 aromatic heterocycles. The first-order valence-corrected chi connectivity index (χ1v) is 19.1. The number of aliphatic hydroxyl groups is 1. The molecule has 5 aliphatic rings. The van der Waals surface area contributed by atoms with Crippen LogP contribution in [0.4, 0.5) is 5.69 Å². The minimum atomic E-state index is -0.322. The number of ketones is 1. The van der Waals surface area contributed by atoms with E-state index in [1.165, 1.54) is 31.2 Å². The van der Waals surface area contributed by atoms with E-state index in [9.17, 15) is 14.7 Å². The van der Waals surface area contributed by atoms with Crippen LogP contribution in [0, 0.1) is 34.5 Å². The van der Waals surface area contributed by atoms with Crippen LogP contribution in [-0.4, -0.2) is 23.5 Å². The first kappa shape index (κ1) is 32.2. The summed E-state index contributed by atoms with van der Waals surface area (Å²) in [5, 5.41) is 19.4. The predicted molar refractivity (Wildman–Crippen MR) is 197 cm³/mol. The molecule has 6 nitrogen and oxygen atoms in total. The minimum absolute atomic E-state index is 0.0202. The highest BCUT2D eigenvalue weighted by molar-refractivity contribution is 6.08. The maximum Gasteiger partial charge on any atom is 0.341 e. The van der Waals surface area contributed by atoms with Gasteiger partial charge in [-0.25, -0.2) is 4.79 Å². The van der Waals surface area contributed by atoms with Crippen LogP contribution >= 0.6 is 0 Å². The Kier molecular flexibility index (Phi) is 7.67. The molecule has 0 unspecified atom stereocenters. The first-order valence-electron chi connectivity index (χ1n) is 19.1. The smallest absolute Gasteiger partial charge is 0.341 e. The number of benzene rings is 3. The van der Waals surface area contributed by atoms with Crippen LogP contribution in [0.1, 0.15) is 104 Å². The molecule has 0 amide bonds. The summed E-state index contributed by atoms with van der Waals surface area (Å²) in [6, 6.07) is 23.3. The average molecular weight is 671 g/mol. The highest BCUT2D eigenvalue weighted by Crippen LogP contribution is 2.67. The molecule has 0 saturated heterocycles. The molecule has 6 heteroatoms. The number of aliphatic hydroxyl groups excluding tert-OH is 1. The molecule has 3 aromatic carbocycles. The van der Waals surface area contributed by atoms with Crippen LogP contribution in [0.15, 0.2) is 82.0 Å². The number of nitrogens with one attached hydrogen (secondary N) is 2. The number of anilines is 1. The minimum Gasteiger partial charge on any atom is -0.422 e. The molecule has 8 atom stereocenters. The average Bonchev–Trinajstić information content (AvgIpc) is 3.45. The number of hydrogen-bond acceptors (Lipinski definition) is 6. The maximum absolute atomic E-state index is 14.0. The Morgan fingerprint density at radius 1 is 0.880 bits per heavy atom. The molecule has 1 spiro atoms. The van der Waals surface area contributed by atoms with Crippen LogP contribution in [0.2, 0.25) is 0 Å². The van der Waals surface area contributed by atoms with Gasteiger partial charge in [0.05, 0.1) is 17.2 Å². The van der Waals surface area contributed by atoms with Gasteiger partial charge in [0.2, 0.25) is 0 Å². The molecule has 4 aliphatic carbocycles. The summed E-state index contributed by atoms with van der Waals surface area (Å²) in [7, 11) is 0. The molecule has 1 aliphatic heterocycles. The van der Waals surface area contributed by atoms with Crippen molar-refractivity contribution in [3.63, 3.8) is 0 Å². The Morgan fingerprint density at radius 3 is 2.48 bits per heavy atom. The van der Waals surface area contributed by atoms with E-state index in [1.807, 2.05) is 60.7 Å². The Bertz CT molecular complexity index is 2000. The molecule has 0 radical (unpaired) electrons. The zero-order valence-electron chi connectivity index (χ0n) is 29.5. The number of carbonyl (C=O) groups excluding carboxylic acids is 1. The fraction of sp³-hybridized carbons (Fsp3) is 0.500. The van der Waals surface area contributed by atoms with Crippen molar-refractivity contribution in [1.29, 1.82) is 0 Å². The van der Waals surface area contributed by atoms with Gasteiger partial charge in [-0.2, -0.15) is 0 Å². The maximum atomic E-state index is 14.0. The van der Waals surface area contributed by atoms with Crippen molar-refractivity contribution in [2.45, 2.75) is 96.2 Å². The van der Waals surface area contributed by atoms with Gasteiger partial charge in [0, 0.05) is 41.4 Å². The fourth-order valence-corrected chi connectivity index (χ4v) is 12.0. The van der Waals surface area contributed by atoms with Gasteiger partial charge in [-0.05, 0) is 122 Å². The molecule has 4 aromatic rings. The molecule has 3 N–H and O–H groups in total. The molecule has 50 heavy (non-hydrogen) atoms. The van der Waals surface area contributed by atoms with Crippen LogP contribution in [-0.2, 0) is 18.5 Å². The lowest BCUT2D eigenvalue weighted by molar-refractivity contribution is -0.132. The van der Waals surface area contributed by atoms with E-state index < -0.39 is 0 Å². The molecule has 9 rings (SSSR count). The third-order valence-electron chi connectivity index (χ3n) is 14.8. The van der Waals surface area contributed by atoms with Crippen molar-refractivity contribution < 1.29 is 14.3 Å². The molecule has 4 saturated carbocycles. The van der Waals surface area contributed by atoms with Crippen LogP contribution < -0.4 is 16.3 Å². The van der Waals surface area contributed by atoms with Gasteiger partial charge >= 0.3 is 5.63 Å². The van der Waals surface area contributed by atoms with E-state index in [0.717, 1.165) is 79.1 Å². The Hall–Kier alpha value is -3.74. The molecule has 0 bridgehead atoms. The van der Waals surface area contributed by atoms with Crippen molar-refractivity contribution in [3.8, 4) is 0 Å². The summed E-state index contributed by atoms with van der Waals surface area (Å²) in [6.45, 7) is 6.42. The van der Waals surface area contributed by atoms with Gasteiger partial charge in [0.25, 0.3) is 0 Å². The van der Waals surface area contributed by atoms with Gasteiger partial charge in [0.15, 0.2) is 5.78 Å². The molecule has 260 valence electrons. The third kappa shape index (κ3) is 4.96. The fourth-order valence-electron chi connectivity index (χ4n) is 12.0. The lowest BCUT2D eigenvalue weighted by Gasteiger charge is -2.62. The first-order chi connectivity index (χ1) is 24.2. The zero-order valence-corrected chi connectivity index (χ0v) is 29.5. The van der Waals surface area contributed by atoms with E-state index in [1.54, 1.807) is 0 Å². The zero-order chi connectivity index (χ0) is 34.3. The van der Waals surface area contributed by atoms with E-state index in [4.69, 9.17) is 4.42 Å². The second-order valence-electron chi connectivity index (χ2n) is 17.0. The monoisotopic (exact) mass is 670 g/mol. The second kappa shape index (κ2) is 11.9. The number of carbonyl (C=O) groups is 1. The molecule has 2 heterocycles. The summed E-state index contributed by atoms with van der Waals surface area (Å²) in [4.78, 5) is 26.8. The van der Waals surface area contributed by atoms with Gasteiger partial charge in [-0.3, -0.25) is 4.79 Å². The predicted octanol–water partition coefficient (Wildman–Crippen LogP) is 8.38. The van der Waals surface area contributed by atoms with Crippen LogP contribution in [0.25, 0.3) is 11.0 Å². The summed E-state index contributed by atoms with van der Waals surface area (Å²) in [6.07, 6.45) is 10.9. The summed E-state index contributed by atoms with van der Waals surface area (Å²) < 4.78 is 6.18. The van der Waals surface area contributed by atoms with E-state index in [-0.39, 0.29) is 33.9 Å².